The van der Waals surface area contributed by atoms with Crippen molar-refractivity contribution in [1.82, 2.24) is 9.97 Å². The molecule has 0 saturated heterocycles. The molecule has 4 N–H and O–H groups in total. The second kappa shape index (κ2) is 7.87. The number of aliphatic hydroxyl groups excluding tert-OH is 1. The Balaban J connectivity index is 1.83. The van der Waals surface area contributed by atoms with E-state index < -0.39 is 10.0 Å². The summed E-state index contributed by atoms with van der Waals surface area (Å²) in [7, 11) is -3.73. The van der Waals surface area contributed by atoms with Crippen molar-refractivity contribution in [1.29, 1.82) is 0 Å². The van der Waals surface area contributed by atoms with Gasteiger partial charge >= 0.3 is 0 Å². The smallest absolute Gasteiger partial charge is 0.238 e. The van der Waals surface area contributed by atoms with Gasteiger partial charge in [0.2, 0.25) is 16.0 Å². The molecule has 1 aliphatic rings. The molecule has 1 aliphatic carbocycles. The van der Waals surface area contributed by atoms with Crippen LogP contribution in [0.25, 0.3) is 0 Å². The highest BCUT2D eigenvalue weighted by Gasteiger charge is 2.25. The summed E-state index contributed by atoms with van der Waals surface area (Å²) in [5.41, 5.74) is 0.627. The Morgan fingerprint density at radius 2 is 1.92 bits per heavy atom. The van der Waals surface area contributed by atoms with Crippen LogP contribution in [-0.2, 0) is 10.0 Å². The predicted molar refractivity (Wildman–Crippen MR) is 103 cm³/mol. The summed E-state index contributed by atoms with van der Waals surface area (Å²) >= 11 is 3.45. The molecule has 3 rings (SSSR count). The van der Waals surface area contributed by atoms with E-state index in [1.807, 2.05) is 4.90 Å². The van der Waals surface area contributed by atoms with E-state index in [0.717, 1.165) is 25.7 Å². The molecular formula is C16H20BrN5O3S. The van der Waals surface area contributed by atoms with E-state index in [1.165, 1.54) is 12.1 Å². The number of benzene rings is 1. The molecule has 0 bridgehead atoms. The number of aromatic nitrogens is 2. The highest BCUT2D eigenvalue weighted by atomic mass is 79.9. The minimum atomic E-state index is -3.73. The third kappa shape index (κ3) is 4.32. The van der Waals surface area contributed by atoms with Crippen molar-refractivity contribution in [3.05, 3.63) is 34.9 Å². The number of hydrogen-bond donors (Lipinski definition) is 3. The number of sulfonamides is 1. The highest BCUT2D eigenvalue weighted by Crippen LogP contribution is 2.32. The Kier molecular flexibility index (Phi) is 5.76. The van der Waals surface area contributed by atoms with E-state index in [2.05, 4.69) is 31.2 Å². The Bertz CT molecular complexity index is 870. The van der Waals surface area contributed by atoms with Crippen molar-refractivity contribution in [2.24, 2.45) is 5.14 Å². The standard InChI is InChI=1S/C16H20BrN5O3S/c17-14-9-19-16(20-11-5-7-13(8-6-11)26(18,24)25)21-15(14)22(10-23)12-3-1-2-4-12/h5-9,12,23H,1-4,10H2,(H2,18,24,25)(H,19,20,21). The maximum Gasteiger partial charge on any atom is 0.238 e. The maximum absolute atomic E-state index is 11.3. The van der Waals surface area contributed by atoms with Crippen molar-refractivity contribution >= 4 is 43.4 Å². The number of nitrogens with one attached hydrogen (secondary N) is 1. The first kappa shape index (κ1) is 19.0. The molecule has 0 unspecified atom stereocenters. The van der Waals surface area contributed by atoms with Gasteiger partial charge in [-0.3, -0.25) is 0 Å². The second-order valence-electron chi connectivity index (χ2n) is 6.11. The number of halogens is 1. The summed E-state index contributed by atoms with van der Waals surface area (Å²) in [6, 6.07) is 6.26. The Morgan fingerprint density at radius 1 is 1.27 bits per heavy atom. The molecule has 0 aliphatic heterocycles. The summed E-state index contributed by atoms with van der Waals surface area (Å²) in [5, 5.41) is 17.9. The Morgan fingerprint density at radius 3 is 2.50 bits per heavy atom. The number of nitrogens with zero attached hydrogens (tertiary/aromatic N) is 3. The average molecular weight is 442 g/mol. The number of primary sulfonamides is 1. The third-order valence-electron chi connectivity index (χ3n) is 4.35. The minimum Gasteiger partial charge on any atom is -0.376 e. The first-order valence-electron chi connectivity index (χ1n) is 8.18. The molecule has 0 spiro atoms. The van der Waals surface area contributed by atoms with Crippen molar-refractivity contribution in [2.75, 3.05) is 16.9 Å². The normalized spacial score (nSPS) is 15.2. The number of hydrogen-bond acceptors (Lipinski definition) is 7. The monoisotopic (exact) mass is 441 g/mol. The van der Waals surface area contributed by atoms with E-state index in [0.29, 0.717) is 21.9 Å². The topological polar surface area (TPSA) is 121 Å². The van der Waals surface area contributed by atoms with Gasteiger partial charge in [-0.2, -0.15) is 4.98 Å². The minimum absolute atomic E-state index is 0.0353. The Hall–Kier alpha value is -1.75. The molecule has 1 saturated carbocycles. The lowest BCUT2D eigenvalue weighted by Gasteiger charge is -2.28. The van der Waals surface area contributed by atoms with Crippen LogP contribution < -0.4 is 15.4 Å². The van der Waals surface area contributed by atoms with E-state index in [1.54, 1.807) is 18.3 Å². The van der Waals surface area contributed by atoms with Gasteiger partial charge < -0.3 is 15.3 Å². The molecule has 1 heterocycles. The quantitative estimate of drug-likeness (QED) is 0.587. The molecule has 1 aromatic heterocycles. The van der Waals surface area contributed by atoms with Crippen LogP contribution in [0.3, 0.4) is 0 Å². The molecule has 140 valence electrons. The van der Waals surface area contributed by atoms with E-state index >= 15 is 0 Å². The number of aliphatic hydroxyl groups is 1. The summed E-state index contributed by atoms with van der Waals surface area (Å²) in [6.07, 6.45) is 5.96. The van der Waals surface area contributed by atoms with Crippen LogP contribution >= 0.6 is 15.9 Å². The van der Waals surface area contributed by atoms with E-state index in [4.69, 9.17) is 5.14 Å². The van der Waals surface area contributed by atoms with Crippen LogP contribution in [-0.4, -0.2) is 36.3 Å². The molecule has 0 atom stereocenters. The van der Waals surface area contributed by atoms with Gasteiger partial charge in [0, 0.05) is 17.9 Å². The second-order valence-corrected chi connectivity index (χ2v) is 8.52. The summed E-state index contributed by atoms with van der Waals surface area (Å²) in [5.74, 6) is 0.973. The van der Waals surface area contributed by atoms with Gasteiger partial charge in [-0.1, -0.05) is 12.8 Å². The van der Waals surface area contributed by atoms with Gasteiger partial charge in [0.05, 0.1) is 9.37 Å². The number of anilines is 3. The van der Waals surface area contributed by atoms with Crippen LogP contribution in [0.5, 0.6) is 0 Å². The van der Waals surface area contributed by atoms with Gasteiger partial charge in [-0.25, -0.2) is 18.5 Å². The lowest BCUT2D eigenvalue weighted by atomic mass is 10.2. The van der Waals surface area contributed by atoms with Gasteiger partial charge in [0.1, 0.15) is 6.73 Å². The molecule has 1 fully saturated rings. The molecule has 1 aromatic carbocycles. The molecule has 26 heavy (non-hydrogen) atoms. The zero-order valence-corrected chi connectivity index (χ0v) is 16.4. The SMILES string of the molecule is NS(=O)(=O)c1ccc(Nc2ncc(Br)c(N(CO)C3CCCC3)n2)cc1. The first-order chi connectivity index (χ1) is 12.4. The summed E-state index contributed by atoms with van der Waals surface area (Å²) < 4.78 is 23.3. The molecule has 8 nitrogen and oxygen atoms in total. The van der Waals surface area contributed by atoms with Crippen molar-refractivity contribution in [3.8, 4) is 0 Å². The summed E-state index contributed by atoms with van der Waals surface area (Å²) in [6.45, 7) is -0.122. The van der Waals surface area contributed by atoms with Crippen molar-refractivity contribution < 1.29 is 13.5 Å². The van der Waals surface area contributed by atoms with Gasteiger partial charge in [0.25, 0.3) is 0 Å². The molecular weight excluding hydrogens is 422 g/mol. The highest BCUT2D eigenvalue weighted by molar-refractivity contribution is 9.10. The molecule has 10 heteroatoms. The number of nitrogens with two attached hydrogens (primary N) is 1. The average Bonchev–Trinajstić information content (AvgIpc) is 3.12. The lowest BCUT2D eigenvalue weighted by Crippen LogP contribution is -2.35. The summed E-state index contributed by atoms with van der Waals surface area (Å²) in [4.78, 5) is 10.6. The Labute approximate surface area is 160 Å². The van der Waals surface area contributed by atoms with E-state index in [9.17, 15) is 13.5 Å². The maximum atomic E-state index is 11.3. The first-order valence-corrected chi connectivity index (χ1v) is 10.5. The van der Waals surface area contributed by atoms with Crippen LogP contribution in [0, 0.1) is 0 Å². The van der Waals surface area contributed by atoms with Crippen LogP contribution in [0.15, 0.2) is 39.8 Å². The predicted octanol–water partition coefficient (Wildman–Crippen LogP) is 2.33. The van der Waals surface area contributed by atoms with E-state index in [-0.39, 0.29) is 17.7 Å². The van der Waals surface area contributed by atoms with Gasteiger partial charge in [-0.15, -0.1) is 0 Å². The molecule has 0 amide bonds. The van der Waals surface area contributed by atoms with Crippen LogP contribution in [0.1, 0.15) is 25.7 Å². The van der Waals surface area contributed by atoms with Crippen molar-refractivity contribution in [2.45, 2.75) is 36.6 Å². The lowest BCUT2D eigenvalue weighted by molar-refractivity contribution is 0.275. The fraction of sp³-hybridized carbons (Fsp3) is 0.375. The molecule has 0 radical (unpaired) electrons. The third-order valence-corrected chi connectivity index (χ3v) is 5.84. The van der Waals surface area contributed by atoms with Gasteiger partial charge in [-0.05, 0) is 53.0 Å². The van der Waals surface area contributed by atoms with Crippen molar-refractivity contribution in [3.63, 3.8) is 0 Å². The zero-order valence-electron chi connectivity index (χ0n) is 14.0. The number of rotatable bonds is 6. The fourth-order valence-corrected chi connectivity index (χ4v) is 3.98. The van der Waals surface area contributed by atoms with Gasteiger partial charge in [0.15, 0.2) is 5.82 Å². The molecule has 2 aromatic rings. The largest absolute Gasteiger partial charge is 0.376 e. The van der Waals surface area contributed by atoms with Crippen LogP contribution in [0.4, 0.5) is 17.5 Å². The zero-order chi connectivity index (χ0) is 18.7. The van der Waals surface area contributed by atoms with Crippen LogP contribution in [0.2, 0.25) is 0 Å². The fourth-order valence-electron chi connectivity index (χ4n) is 3.05.